The summed E-state index contributed by atoms with van der Waals surface area (Å²) in [6, 6.07) is 9.61. The first-order valence-corrected chi connectivity index (χ1v) is 8.16. The molecular weight excluding hydrogens is 351 g/mol. The van der Waals surface area contributed by atoms with Gasteiger partial charge in [-0.2, -0.15) is 0 Å². The zero-order chi connectivity index (χ0) is 19.6. The van der Waals surface area contributed by atoms with Crippen molar-refractivity contribution in [2.75, 3.05) is 0 Å². The number of aromatic nitrogens is 2. The maximum absolute atomic E-state index is 14.4. The highest BCUT2D eigenvalue weighted by molar-refractivity contribution is 5.99. The van der Waals surface area contributed by atoms with Crippen molar-refractivity contribution in [3.8, 4) is 0 Å². The van der Waals surface area contributed by atoms with Crippen molar-refractivity contribution in [2.45, 2.75) is 13.0 Å². The zero-order valence-electron chi connectivity index (χ0n) is 14.7. The van der Waals surface area contributed by atoms with Gasteiger partial charge in [-0.3, -0.25) is 14.9 Å². The number of hydrogen-bond donors (Lipinski definition) is 1. The maximum Gasteiger partial charge on any atom is 0.285 e. The fourth-order valence-corrected chi connectivity index (χ4v) is 2.94. The van der Waals surface area contributed by atoms with E-state index in [1.165, 1.54) is 18.3 Å². The number of hydrogen-bond acceptors (Lipinski definition) is 4. The quantitative estimate of drug-likeness (QED) is 0.553. The lowest BCUT2D eigenvalue weighted by Gasteiger charge is -2.20. The van der Waals surface area contributed by atoms with Crippen LogP contribution in [0.1, 0.15) is 33.4 Å². The molecule has 3 aromatic rings. The van der Waals surface area contributed by atoms with Crippen molar-refractivity contribution in [3.05, 3.63) is 93.3 Å². The van der Waals surface area contributed by atoms with E-state index in [1.54, 1.807) is 55.1 Å². The summed E-state index contributed by atoms with van der Waals surface area (Å²) in [5.74, 6) is -0.782. The number of imidazole rings is 1. The Morgan fingerprint density at radius 1 is 1.26 bits per heavy atom. The number of para-hydroxylation sites is 1. The molecule has 0 saturated heterocycles. The number of nitro benzene ring substituents is 1. The number of aryl methyl sites for hydroxylation is 2. The Hall–Kier alpha value is -3.55. The zero-order valence-corrected chi connectivity index (χ0v) is 14.7. The van der Waals surface area contributed by atoms with Crippen LogP contribution in [0.4, 0.5) is 10.1 Å². The van der Waals surface area contributed by atoms with Gasteiger partial charge in [0, 0.05) is 30.6 Å². The Morgan fingerprint density at radius 2 is 2.00 bits per heavy atom. The van der Waals surface area contributed by atoms with Crippen molar-refractivity contribution in [2.24, 2.45) is 7.05 Å². The van der Waals surface area contributed by atoms with E-state index in [-0.39, 0.29) is 16.8 Å². The van der Waals surface area contributed by atoms with Crippen LogP contribution in [0.2, 0.25) is 0 Å². The highest BCUT2D eigenvalue weighted by atomic mass is 19.1. The Morgan fingerprint density at radius 3 is 2.63 bits per heavy atom. The van der Waals surface area contributed by atoms with Gasteiger partial charge in [-0.05, 0) is 19.1 Å². The third-order valence-electron chi connectivity index (χ3n) is 4.27. The van der Waals surface area contributed by atoms with Gasteiger partial charge in [-0.25, -0.2) is 9.37 Å². The molecule has 138 valence electrons. The van der Waals surface area contributed by atoms with E-state index in [0.29, 0.717) is 11.4 Å². The smallest absolute Gasteiger partial charge is 0.285 e. The molecule has 0 aliphatic carbocycles. The van der Waals surface area contributed by atoms with Gasteiger partial charge in [-0.15, -0.1) is 0 Å². The van der Waals surface area contributed by atoms with Crippen LogP contribution in [0.25, 0.3) is 0 Å². The summed E-state index contributed by atoms with van der Waals surface area (Å²) in [5, 5.41) is 14.1. The number of carbonyl (C=O) groups excluding carboxylic acids is 1. The van der Waals surface area contributed by atoms with Crippen LogP contribution in [-0.2, 0) is 7.05 Å². The summed E-state index contributed by atoms with van der Waals surface area (Å²) < 4.78 is 16.0. The molecular formula is C19H17FN4O3. The predicted octanol–water partition coefficient (Wildman–Crippen LogP) is 3.30. The number of carbonyl (C=O) groups is 1. The molecule has 1 aromatic heterocycles. The predicted molar refractivity (Wildman–Crippen MR) is 96.8 cm³/mol. The first-order valence-electron chi connectivity index (χ1n) is 8.16. The standard InChI is InChI=1S/C19H17FN4O3/c1-12-6-5-8-14(17(12)24(26)27)19(25)22-16(18-21-10-11-23(18)2)13-7-3-4-9-15(13)20/h3-11,16H,1-2H3,(H,22,25)/t16-/m0/s1. The third-order valence-corrected chi connectivity index (χ3v) is 4.27. The fraction of sp³-hybridized carbons (Fsp3) is 0.158. The van der Waals surface area contributed by atoms with Crippen LogP contribution in [0, 0.1) is 22.9 Å². The van der Waals surface area contributed by atoms with Crippen molar-refractivity contribution in [1.82, 2.24) is 14.9 Å². The van der Waals surface area contributed by atoms with E-state index in [4.69, 9.17) is 0 Å². The molecule has 1 heterocycles. The SMILES string of the molecule is Cc1cccc(C(=O)N[C@@H](c2ccccc2F)c2nccn2C)c1[N+](=O)[O-]. The summed E-state index contributed by atoms with van der Waals surface area (Å²) >= 11 is 0. The molecule has 0 radical (unpaired) electrons. The number of nitro groups is 1. The second kappa shape index (κ2) is 7.36. The van der Waals surface area contributed by atoms with Gasteiger partial charge < -0.3 is 9.88 Å². The molecule has 0 unspecified atom stereocenters. The fourth-order valence-electron chi connectivity index (χ4n) is 2.94. The minimum Gasteiger partial charge on any atom is -0.338 e. The second-order valence-corrected chi connectivity index (χ2v) is 6.05. The molecule has 1 atom stereocenters. The van der Waals surface area contributed by atoms with Crippen LogP contribution >= 0.6 is 0 Å². The molecule has 2 aromatic carbocycles. The lowest BCUT2D eigenvalue weighted by Crippen LogP contribution is -2.32. The average molecular weight is 368 g/mol. The minimum atomic E-state index is -0.904. The highest BCUT2D eigenvalue weighted by Crippen LogP contribution is 2.27. The maximum atomic E-state index is 14.4. The van der Waals surface area contributed by atoms with Gasteiger partial charge in [0.15, 0.2) is 0 Å². The normalized spacial score (nSPS) is 11.8. The summed E-state index contributed by atoms with van der Waals surface area (Å²) in [5.41, 5.74) is 0.222. The number of rotatable bonds is 5. The van der Waals surface area contributed by atoms with Crippen LogP contribution in [-0.4, -0.2) is 20.4 Å². The van der Waals surface area contributed by atoms with Crippen LogP contribution in [0.15, 0.2) is 54.9 Å². The van der Waals surface area contributed by atoms with Gasteiger partial charge in [0.2, 0.25) is 0 Å². The van der Waals surface area contributed by atoms with Gasteiger partial charge in [0.1, 0.15) is 23.2 Å². The Labute approximate surface area is 154 Å². The molecule has 7 nitrogen and oxygen atoms in total. The van der Waals surface area contributed by atoms with Crippen molar-refractivity contribution in [3.63, 3.8) is 0 Å². The van der Waals surface area contributed by atoms with E-state index in [9.17, 15) is 19.3 Å². The number of halogens is 1. The summed E-state index contributed by atoms with van der Waals surface area (Å²) in [7, 11) is 1.72. The topological polar surface area (TPSA) is 90.1 Å². The van der Waals surface area contributed by atoms with Gasteiger partial charge in [0.25, 0.3) is 11.6 Å². The monoisotopic (exact) mass is 368 g/mol. The van der Waals surface area contributed by atoms with Gasteiger partial charge in [-0.1, -0.05) is 30.3 Å². The average Bonchev–Trinajstić information content (AvgIpc) is 3.05. The number of benzene rings is 2. The van der Waals surface area contributed by atoms with Crippen molar-refractivity contribution < 1.29 is 14.1 Å². The molecule has 0 aliphatic heterocycles. The van der Waals surface area contributed by atoms with E-state index < -0.39 is 22.7 Å². The van der Waals surface area contributed by atoms with Crippen LogP contribution in [0.5, 0.6) is 0 Å². The second-order valence-electron chi connectivity index (χ2n) is 6.05. The Bertz CT molecular complexity index is 1020. The molecule has 0 saturated carbocycles. The Kier molecular flexibility index (Phi) is 4.98. The van der Waals surface area contributed by atoms with E-state index >= 15 is 0 Å². The molecule has 0 aliphatic rings. The van der Waals surface area contributed by atoms with Crippen LogP contribution in [0.3, 0.4) is 0 Å². The first kappa shape index (κ1) is 18.2. The number of nitrogens with zero attached hydrogens (tertiary/aromatic N) is 3. The molecule has 1 N–H and O–H groups in total. The lowest BCUT2D eigenvalue weighted by molar-refractivity contribution is -0.385. The summed E-state index contributed by atoms with van der Waals surface area (Å²) in [4.78, 5) is 27.8. The molecule has 3 rings (SSSR count). The third kappa shape index (κ3) is 3.55. The first-order chi connectivity index (χ1) is 12.9. The lowest BCUT2D eigenvalue weighted by atomic mass is 10.0. The Balaban J connectivity index is 2.05. The summed E-state index contributed by atoms with van der Waals surface area (Å²) in [6.07, 6.45) is 3.20. The highest BCUT2D eigenvalue weighted by Gasteiger charge is 2.28. The minimum absolute atomic E-state index is 0.0875. The molecule has 8 heteroatoms. The molecule has 0 bridgehead atoms. The molecule has 0 fully saturated rings. The van der Waals surface area contributed by atoms with Gasteiger partial charge >= 0.3 is 0 Å². The largest absolute Gasteiger partial charge is 0.338 e. The summed E-state index contributed by atoms with van der Waals surface area (Å²) in [6.45, 7) is 1.56. The molecule has 0 spiro atoms. The van der Waals surface area contributed by atoms with E-state index in [2.05, 4.69) is 10.3 Å². The molecule has 27 heavy (non-hydrogen) atoms. The van der Waals surface area contributed by atoms with E-state index in [1.807, 2.05) is 0 Å². The van der Waals surface area contributed by atoms with Crippen LogP contribution < -0.4 is 5.32 Å². The van der Waals surface area contributed by atoms with Gasteiger partial charge in [0.05, 0.1) is 4.92 Å². The van der Waals surface area contributed by atoms with Crippen molar-refractivity contribution >= 4 is 11.6 Å². The number of nitrogens with one attached hydrogen (secondary N) is 1. The molecule has 1 amide bonds. The number of amides is 1. The van der Waals surface area contributed by atoms with E-state index in [0.717, 1.165) is 0 Å². The van der Waals surface area contributed by atoms with Crippen molar-refractivity contribution in [1.29, 1.82) is 0 Å².